The van der Waals surface area contributed by atoms with Gasteiger partial charge in [0, 0.05) is 25.2 Å². The van der Waals surface area contributed by atoms with Crippen LogP contribution in [0.25, 0.3) is 6.08 Å². The number of rotatable bonds is 4. The summed E-state index contributed by atoms with van der Waals surface area (Å²) >= 11 is 0. The summed E-state index contributed by atoms with van der Waals surface area (Å²) in [6.45, 7) is 1.87. The zero-order valence-electron chi connectivity index (χ0n) is 11.3. The highest BCUT2D eigenvalue weighted by Gasteiger charge is 2.37. The third-order valence-corrected chi connectivity index (χ3v) is 4.31. The summed E-state index contributed by atoms with van der Waals surface area (Å²) in [5.41, 5.74) is 1.52. The second kappa shape index (κ2) is 5.37. The van der Waals surface area contributed by atoms with Gasteiger partial charge >= 0.3 is 5.97 Å². The van der Waals surface area contributed by atoms with Gasteiger partial charge in [0.2, 0.25) is 0 Å². The van der Waals surface area contributed by atoms with Crippen LogP contribution < -0.4 is 0 Å². The van der Waals surface area contributed by atoms with Gasteiger partial charge in [-0.2, -0.15) is 0 Å². The lowest BCUT2D eigenvalue weighted by Gasteiger charge is -2.26. The topological polar surface area (TPSA) is 40.5 Å². The van der Waals surface area contributed by atoms with E-state index in [4.69, 9.17) is 5.11 Å². The Hall–Kier alpha value is -1.68. The van der Waals surface area contributed by atoms with Crippen LogP contribution in [0.4, 0.5) is 4.39 Å². The first kappa shape index (κ1) is 13.3. The Kier molecular flexibility index (Phi) is 3.57. The van der Waals surface area contributed by atoms with Crippen molar-refractivity contribution in [1.29, 1.82) is 0 Å². The molecule has 1 N–H and O–H groups in total. The smallest absolute Gasteiger partial charge is 0.328 e. The summed E-state index contributed by atoms with van der Waals surface area (Å²) < 4.78 is 13.6. The summed E-state index contributed by atoms with van der Waals surface area (Å²) in [7, 11) is 0. The third kappa shape index (κ3) is 2.90. The van der Waals surface area contributed by atoms with E-state index >= 15 is 0 Å². The Morgan fingerprint density at radius 1 is 1.40 bits per heavy atom. The fraction of sp³-hybridized carbons (Fsp3) is 0.438. The lowest BCUT2D eigenvalue weighted by molar-refractivity contribution is -0.131. The summed E-state index contributed by atoms with van der Waals surface area (Å²) in [6, 6.07) is 5.43. The van der Waals surface area contributed by atoms with E-state index in [2.05, 4.69) is 4.90 Å². The van der Waals surface area contributed by atoms with Gasteiger partial charge in [0.15, 0.2) is 0 Å². The van der Waals surface area contributed by atoms with E-state index in [0.717, 1.165) is 30.6 Å². The summed E-state index contributed by atoms with van der Waals surface area (Å²) in [5, 5.41) is 8.63. The van der Waals surface area contributed by atoms with Crippen LogP contribution in [-0.2, 0) is 11.3 Å². The average Bonchev–Trinajstić information content (AvgIpc) is 2.98. The van der Waals surface area contributed by atoms with Crippen LogP contribution >= 0.6 is 0 Å². The maximum absolute atomic E-state index is 13.6. The van der Waals surface area contributed by atoms with E-state index in [1.165, 1.54) is 31.4 Å². The number of carboxylic acid groups (broad SMARTS) is 1. The molecule has 2 aliphatic rings. The van der Waals surface area contributed by atoms with E-state index in [9.17, 15) is 9.18 Å². The highest BCUT2D eigenvalue weighted by Crippen LogP contribution is 2.38. The predicted molar refractivity (Wildman–Crippen MR) is 74.6 cm³/mol. The van der Waals surface area contributed by atoms with Crippen molar-refractivity contribution in [3.8, 4) is 0 Å². The lowest BCUT2D eigenvalue weighted by Crippen LogP contribution is -2.31. The summed E-state index contributed by atoms with van der Waals surface area (Å²) in [4.78, 5) is 12.9. The van der Waals surface area contributed by atoms with Crippen molar-refractivity contribution < 1.29 is 14.3 Å². The molecule has 1 aromatic carbocycles. The van der Waals surface area contributed by atoms with Crippen molar-refractivity contribution in [3.05, 3.63) is 41.2 Å². The Bertz CT molecular complexity index is 555. The van der Waals surface area contributed by atoms with Crippen LogP contribution in [0.5, 0.6) is 0 Å². The van der Waals surface area contributed by atoms with Gasteiger partial charge in [-0.25, -0.2) is 9.18 Å². The van der Waals surface area contributed by atoms with E-state index in [1.807, 2.05) is 6.07 Å². The molecule has 0 radical (unpaired) electrons. The van der Waals surface area contributed by atoms with Gasteiger partial charge in [0.05, 0.1) is 0 Å². The second-order valence-electron chi connectivity index (χ2n) is 5.83. The van der Waals surface area contributed by atoms with Gasteiger partial charge in [0.25, 0.3) is 0 Å². The molecule has 0 spiro atoms. The molecule has 2 atom stereocenters. The normalized spacial score (nSPS) is 25.6. The summed E-state index contributed by atoms with van der Waals surface area (Å²) in [6.07, 6.45) is 6.34. The van der Waals surface area contributed by atoms with Gasteiger partial charge in [-0.1, -0.05) is 6.07 Å². The van der Waals surface area contributed by atoms with Crippen LogP contribution in [-0.4, -0.2) is 28.6 Å². The molecule has 1 aromatic rings. The maximum Gasteiger partial charge on any atom is 0.328 e. The number of hydrogen-bond acceptors (Lipinski definition) is 2. The molecule has 20 heavy (non-hydrogen) atoms. The van der Waals surface area contributed by atoms with Crippen LogP contribution in [0.15, 0.2) is 24.3 Å². The number of halogens is 1. The van der Waals surface area contributed by atoms with Crippen molar-refractivity contribution in [1.82, 2.24) is 4.90 Å². The van der Waals surface area contributed by atoms with Gasteiger partial charge in [-0.15, -0.1) is 0 Å². The maximum atomic E-state index is 13.6. The first-order chi connectivity index (χ1) is 9.60. The largest absolute Gasteiger partial charge is 0.478 e. The molecular weight excluding hydrogens is 257 g/mol. The van der Waals surface area contributed by atoms with Gasteiger partial charge in [0.1, 0.15) is 5.82 Å². The Balaban J connectivity index is 1.74. The number of aliphatic carboxylic acids is 1. The molecule has 3 rings (SSSR count). The molecular formula is C16H18FNO2. The van der Waals surface area contributed by atoms with Crippen molar-refractivity contribution in [2.45, 2.75) is 31.8 Å². The van der Waals surface area contributed by atoms with Crippen LogP contribution in [0.3, 0.4) is 0 Å². The molecule has 2 unspecified atom stereocenters. The quantitative estimate of drug-likeness (QED) is 0.859. The van der Waals surface area contributed by atoms with E-state index in [-0.39, 0.29) is 5.82 Å². The van der Waals surface area contributed by atoms with E-state index < -0.39 is 5.97 Å². The minimum Gasteiger partial charge on any atom is -0.478 e. The number of likely N-dealkylation sites (tertiary alicyclic amines) is 1. The number of carboxylic acids is 1. The SMILES string of the molecule is O=C(O)C=Cc1cc(F)cc(CN2CC3CCC2C3)c1. The van der Waals surface area contributed by atoms with Crippen molar-refractivity contribution in [2.24, 2.45) is 5.92 Å². The van der Waals surface area contributed by atoms with Gasteiger partial charge in [-0.3, -0.25) is 4.90 Å². The zero-order chi connectivity index (χ0) is 14.1. The molecule has 0 aromatic heterocycles. The number of carbonyl (C=O) groups is 1. The number of benzene rings is 1. The Labute approximate surface area is 117 Å². The first-order valence-corrected chi connectivity index (χ1v) is 7.04. The second-order valence-corrected chi connectivity index (χ2v) is 5.83. The zero-order valence-corrected chi connectivity index (χ0v) is 11.3. The Morgan fingerprint density at radius 3 is 2.90 bits per heavy atom. The predicted octanol–water partition coefficient (Wildman–Crippen LogP) is 2.91. The highest BCUT2D eigenvalue weighted by molar-refractivity contribution is 5.85. The van der Waals surface area contributed by atoms with Gasteiger partial charge < -0.3 is 5.11 Å². The standard InChI is InChI=1S/C16H18FNO2/c17-14-6-11(2-4-16(19)20)5-13(7-14)10-18-9-12-1-3-15(18)8-12/h2,4-7,12,15H,1,3,8-10H2,(H,19,20). The van der Waals surface area contributed by atoms with Crippen molar-refractivity contribution in [2.75, 3.05) is 6.54 Å². The minimum atomic E-state index is -1.02. The minimum absolute atomic E-state index is 0.308. The van der Waals surface area contributed by atoms with Crippen LogP contribution in [0, 0.1) is 11.7 Å². The molecule has 1 heterocycles. The van der Waals surface area contributed by atoms with Crippen LogP contribution in [0.1, 0.15) is 30.4 Å². The summed E-state index contributed by atoms with van der Waals surface area (Å²) in [5.74, 6) is -0.510. The number of nitrogens with zero attached hydrogens (tertiary/aromatic N) is 1. The first-order valence-electron chi connectivity index (χ1n) is 7.04. The average molecular weight is 275 g/mol. The molecule has 2 fully saturated rings. The number of piperidine rings is 1. The van der Waals surface area contributed by atoms with Crippen molar-refractivity contribution in [3.63, 3.8) is 0 Å². The monoisotopic (exact) mass is 275 g/mol. The number of fused-ring (bicyclic) bond motifs is 2. The number of hydrogen-bond donors (Lipinski definition) is 1. The third-order valence-electron chi connectivity index (χ3n) is 4.31. The fourth-order valence-electron chi connectivity index (χ4n) is 3.49. The van der Waals surface area contributed by atoms with Crippen LogP contribution in [0.2, 0.25) is 0 Å². The van der Waals surface area contributed by atoms with E-state index in [0.29, 0.717) is 11.6 Å². The molecule has 3 nitrogen and oxygen atoms in total. The Morgan fingerprint density at radius 2 is 2.25 bits per heavy atom. The molecule has 1 saturated carbocycles. The molecule has 1 aliphatic heterocycles. The van der Waals surface area contributed by atoms with Crippen molar-refractivity contribution >= 4 is 12.0 Å². The molecule has 1 aliphatic carbocycles. The van der Waals surface area contributed by atoms with Gasteiger partial charge in [-0.05, 0) is 54.5 Å². The fourth-order valence-corrected chi connectivity index (χ4v) is 3.49. The van der Waals surface area contributed by atoms with E-state index in [1.54, 1.807) is 6.07 Å². The molecule has 0 amide bonds. The highest BCUT2D eigenvalue weighted by atomic mass is 19.1. The lowest BCUT2D eigenvalue weighted by atomic mass is 10.1. The molecule has 2 bridgehead atoms. The molecule has 1 saturated heterocycles. The molecule has 4 heteroatoms. The molecule has 106 valence electrons.